The predicted molar refractivity (Wildman–Crippen MR) is 107 cm³/mol. The first-order chi connectivity index (χ1) is 13.0. The molecule has 0 spiro atoms. The summed E-state index contributed by atoms with van der Waals surface area (Å²) in [6.45, 7) is 1.64. The van der Waals surface area contributed by atoms with Crippen molar-refractivity contribution in [1.29, 1.82) is 5.26 Å². The Morgan fingerprint density at radius 2 is 1.93 bits per heavy atom. The van der Waals surface area contributed by atoms with E-state index in [1.54, 1.807) is 55.5 Å². The van der Waals surface area contributed by atoms with Gasteiger partial charge in [-0.25, -0.2) is 0 Å². The van der Waals surface area contributed by atoms with Gasteiger partial charge in [0, 0.05) is 11.3 Å². The number of amides is 1. The van der Waals surface area contributed by atoms with Crippen molar-refractivity contribution >= 4 is 40.5 Å². The number of hydrogen-bond acceptors (Lipinski definition) is 5. The SMILES string of the molecule is Cc1onc(-c2ccccc2Cl)c1C(=O)NC(=S)Nc1ccc(C#N)cc1. The highest BCUT2D eigenvalue weighted by molar-refractivity contribution is 7.80. The maximum Gasteiger partial charge on any atom is 0.263 e. The summed E-state index contributed by atoms with van der Waals surface area (Å²) in [5.74, 6) is -0.113. The van der Waals surface area contributed by atoms with E-state index in [9.17, 15) is 4.79 Å². The number of halogens is 1. The van der Waals surface area contributed by atoms with Crippen LogP contribution in [0.15, 0.2) is 53.1 Å². The maximum atomic E-state index is 12.7. The number of carbonyl (C=O) groups is 1. The van der Waals surface area contributed by atoms with Crippen LogP contribution in [0, 0.1) is 18.3 Å². The Bertz CT molecular complexity index is 1050. The largest absolute Gasteiger partial charge is 0.360 e. The summed E-state index contributed by atoms with van der Waals surface area (Å²) in [6.07, 6.45) is 0. The minimum Gasteiger partial charge on any atom is -0.360 e. The topological polar surface area (TPSA) is 90.9 Å². The number of nitrogens with one attached hydrogen (secondary N) is 2. The van der Waals surface area contributed by atoms with E-state index in [0.717, 1.165) is 0 Å². The highest BCUT2D eigenvalue weighted by Gasteiger charge is 2.23. The fourth-order valence-corrected chi connectivity index (χ4v) is 2.87. The van der Waals surface area contributed by atoms with Crippen molar-refractivity contribution in [1.82, 2.24) is 10.5 Å². The second-order valence-corrected chi connectivity index (χ2v) is 6.36. The molecule has 2 N–H and O–H groups in total. The van der Waals surface area contributed by atoms with Crippen molar-refractivity contribution in [2.24, 2.45) is 0 Å². The van der Waals surface area contributed by atoms with E-state index < -0.39 is 5.91 Å². The molecular weight excluding hydrogens is 384 g/mol. The monoisotopic (exact) mass is 396 g/mol. The van der Waals surface area contributed by atoms with Gasteiger partial charge in [0.15, 0.2) is 5.11 Å². The van der Waals surface area contributed by atoms with Gasteiger partial charge < -0.3 is 9.84 Å². The first kappa shape index (κ1) is 18.6. The lowest BCUT2D eigenvalue weighted by Gasteiger charge is -2.10. The Kier molecular flexibility index (Phi) is 5.50. The Morgan fingerprint density at radius 1 is 1.22 bits per heavy atom. The Labute approximate surface area is 165 Å². The van der Waals surface area contributed by atoms with E-state index in [0.29, 0.717) is 33.3 Å². The second-order valence-electron chi connectivity index (χ2n) is 5.54. The van der Waals surface area contributed by atoms with Crippen LogP contribution >= 0.6 is 23.8 Å². The van der Waals surface area contributed by atoms with Crippen molar-refractivity contribution in [2.45, 2.75) is 6.92 Å². The van der Waals surface area contributed by atoms with Crippen molar-refractivity contribution in [3.05, 3.63) is 70.4 Å². The Morgan fingerprint density at radius 3 is 2.59 bits per heavy atom. The number of thiocarbonyl (C=S) groups is 1. The number of aromatic nitrogens is 1. The van der Waals surface area contributed by atoms with Gasteiger partial charge in [-0.3, -0.25) is 10.1 Å². The normalized spacial score (nSPS) is 10.1. The fourth-order valence-electron chi connectivity index (χ4n) is 2.43. The van der Waals surface area contributed by atoms with Gasteiger partial charge >= 0.3 is 0 Å². The third-order valence-corrected chi connectivity index (χ3v) is 4.25. The molecular formula is C19H13ClN4O2S. The van der Waals surface area contributed by atoms with Crippen LogP contribution in [0.2, 0.25) is 5.02 Å². The zero-order valence-corrected chi connectivity index (χ0v) is 15.7. The summed E-state index contributed by atoms with van der Waals surface area (Å²) < 4.78 is 5.19. The molecule has 1 aromatic heterocycles. The summed E-state index contributed by atoms with van der Waals surface area (Å²) >= 11 is 11.4. The van der Waals surface area contributed by atoms with E-state index in [4.69, 9.17) is 33.6 Å². The van der Waals surface area contributed by atoms with Gasteiger partial charge in [0.2, 0.25) is 0 Å². The van der Waals surface area contributed by atoms with Gasteiger partial charge in [0.1, 0.15) is 17.0 Å². The molecule has 0 aliphatic carbocycles. The van der Waals surface area contributed by atoms with Crippen LogP contribution < -0.4 is 10.6 Å². The molecule has 3 rings (SSSR count). The molecule has 134 valence electrons. The van der Waals surface area contributed by atoms with Crippen LogP contribution in [0.5, 0.6) is 0 Å². The average Bonchev–Trinajstić information content (AvgIpc) is 3.04. The molecule has 0 radical (unpaired) electrons. The molecule has 0 atom stereocenters. The van der Waals surface area contributed by atoms with Crippen LogP contribution in [-0.4, -0.2) is 16.2 Å². The van der Waals surface area contributed by atoms with Crippen molar-refractivity contribution in [3.63, 3.8) is 0 Å². The van der Waals surface area contributed by atoms with Gasteiger partial charge in [-0.2, -0.15) is 5.26 Å². The van der Waals surface area contributed by atoms with E-state index in [1.165, 1.54) is 0 Å². The number of anilines is 1. The third kappa shape index (κ3) is 4.14. The summed E-state index contributed by atoms with van der Waals surface area (Å²) in [5, 5.41) is 18.8. The molecule has 6 nitrogen and oxygen atoms in total. The summed E-state index contributed by atoms with van der Waals surface area (Å²) in [4.78, 5) is 12.7. The van der Waals surface area contributed by atoms with Crippen molar-refractivity contribution < 1.29 is 9.32 Å². The number of rotatable bonds is 3. The zero-order chi connectivity index (χ0) is 19.4. The standard InChI is InChI=1S/C19H13ClN4O2S/c1-11-16(17(24-26-11)14-4-2-3-5-15(14)20)18(25)23-19(27)22-13-8-6-12(10-21)7-9-13/h2-9H,1H3,(H2,22,23,25,27). The number of carbonyl (C=O) groups excluding carboxylic acids is 1. The number of nitriles is 1. The molecule has 27 heavy (non-hydrogen) atoms. The number of aryl methyl sites for hydroxylation is 1. The van der Waals surface area contributed by atoms with Crippen LogP contribution in [0.25, 0.3) is 11.3 Å². The van der Waals surface area contributed by atoms with Crippen LogP contribution in [-0.2, 0) is 0 Å². The van der Waals surface area contributed by atoms with Crippen molar-refractivity contribution in [2.75, 3.05) is 5.32 Å². The lowest BCUT2D eigenvalue weighted by atomic mass is 10.1. The number of nitrogens with zero attached hydrogens (tertiary/aromatic N) is 2. The summed E-state index contributed by atoms with van der Waals surface area (Å²) in [5.41, 5.74) is 2.36. The molecule has 0 saturated heterocycles. The second kappa shape index (κ2) is 7.99. The lowest BCUT2D eigenvalue weighted by molar-refractivity contribution is 0.0977. The molecule has 0 fully saturated rings. The summed E-state index contributed by atoms with van der Waals surface area (Å²) in [7, 11) is 0. The van der Waals surface area contributed by atoms with Gasteiger partial charge in [-0.1, -0.05) is 35.0 Å². The van der Waals surface area contributed by atoms with Gasteiger partial charge in [0.25, 0.3) is 5.91 Å². The van der Waals surface area contributed by atoms with E-state index in [1.807, 2.05) is 6.07 Å². The zero-order valence-electron chi connectivity index (χ0n) is 14.1. The number of benzene rings is 2. The van der Waals surface area contributed by atoms with Crippen LogP contribution in [0.4, 0.5) is 5.69 Å². The van der Waals surface area contributed by atoms with Gasteiger partial charge in [-0.05, 0) is 49.5 Å². The van der Waals surface area contributed by atoms with Gasteiger partial charge in [-0.15, -0.1) is 0 Å². The molecule has 1 heterocycles. The van der Waals surface area contributed by atoms with E-state index >= 15 is 0 Å². The molecule has 0 aliphatic rings. The average molecular weight is 397 g/mol. The molecule has 0 saturated carbocycles. The number of hydrogen-bond donors (Lipinski definition) is 2. The lowest BCUT2D eigenvalue weighted by Crippen LogP contribution is -2.34. The van der Waals surface area contributed by atoms with Gasteiger partial charge in [0.05, 0.1) is 16.7 Å². The quantitative estimate of drug-likeness (QED) is 0.641. The first-order valence-corrected chi connectivity index (χ1v) is 8.62. The van der Waals surface area contributed by atoms with Crippen LogP contribution in [0.1, 0.15) is 21.7 Å². The Balaban J connectivity index is 1.78. The molecule has 2 aromatic carbocycles. The van der Waals surface area contributed by atoms with Crippen molar-refractivity contribution in [3.8, 4) is 17.3 Å². The third-order valence-electron chi connectivity index (χ3n) is 3.72. The molecule has 3 aromatic rings. The molecule has 8 heteroatoms. The fraction of sp³-hybridized carbons (Fsp3) is 0.0526. The minimum atomic E-state index is -0.463. The highest BCUT2D eigenvalue weighted by Crippen LogP contribution is 2.30. The summed E-state index contributed by atoms with van der Waals surface area (Å²) in [6, 6.07) is 15.7. The predicted octanol–water partition coefficient (Wildman–Crippen LogP) is 4.30. The minimum absolute atomic E-state index is 0.107. The molecule has 0 aliphatic heterocycles. The van der Waals surface area contributed by atoms with Crippen LogP contribution in [0.3, 0.4) is 0 Å². The van der Waals surface area contributed by atoms with E-state index in [-0.39, 0.29) is 10.7 Å². The molecule has 0 bridgehead atoms. The molecule has 0 unspecified atom stereocenters. The maximum absolute atomic E-state index is 12.7. The first-order valence-electron chi connectivity index (χ1n) is 7.83. The van der Waals surface area contributed by atoms with E-state index in [2.05, 4.69) is 15.8 Å². The smallest absolute Gasteiger partial charge is 0.263 e. The highest BCUT2D eigenvalue weighted by atomic mass is 35.5. The molecule has 1 amide bonds. The Hall–Kier alpha value is -3.21.